The Labute approximate surface area is 164 Å². The fourth-order valence-corrected chi connectivity index (χ4v) is 3.81. The molecule has 134 valence electrons. The van der Waals surface area contributed by atoms with Gasteiger partial charge in [-0.2, -0.15) is 0 Å². The first-order valence-electron chi connectivity index (χ1n) is 7.78. The third-order valence-electron chi connectivity index (χ3n) is 3.83. The monoisotopic (exact) mass is 432 g/mol. The number of aliphatic imine (C=N–C) groups is 1. The number of amides is 1. The van der Waals surface area contributed by atoms with Crippen LogP contribution < -0.4 is 4.74 Å². The van der Waals surface area contributed by atoms with E-state index in [1.54, 1.807) is 25.3 Å². The number of halogens is 1. The molecule has 1 N–H and O–H groups in total. The Balaban J connectivity index is 1.92. The smallest absolute Gasteiger partial charge is 0.266 e. The predicted octanol–water partition coefficient (Wildman–Crippen LogP) is 4.71. The summed E-state index contributed by atoms with van der Waals surface area (Å²) in [7, 11) is 3.19. The van der Waals surface area contributed by atoms with E-state index < -0.39 is 0 Å². The van der Waals surface area contributed by atoms with E-state index >= 15 is 0 Å². The second-order valence-electron chi connectivity index (χ2n) is 5.76. The van der Waals surface area contributed by atoms with Crippen molar-refractivity contribution in [1.29, 1.82) is 0 Å². The van der Waals surface area contributed by atoms with Gasteiger partial charge in [0.15, 0.2) is 16.7 Å². The topological polar surface area (TPSA) is 62.1 Å². The van der Waals surface area contributed by atoms with E-state index in [2.05, 4.69) is 20.9 Å². The van der Waals surface area contributed by atoms with Crippen LogP contribution in [-0.2, 0) is 4.79 Å². The summed E-state index contributed by atoms with van der Waals surface area (Å²) in [4.78, 5) is 19.2. The number of likely N-dealkylation sites (N-methyl/N-ethyl adjacent to an activating group) is 1. The highest BCUT2D eigenvalue weighted by Crippen LogP contribution is 2.38. The van der Waals surface area contributed by atoms with Gasteiger partial charge in [0.25, 0.3) is 5.91 Å². The van der Waals surface area contributed by atoms with Crippen LogP contribution >= 0.6 is 27.7 Å². The maximum Gasteiger partial charge on any atom is 0.266 e. The molecule has 1 aliphatic heterocycles. The van der Waals surface area contributed by atoms with Crippen molar-refractivity contribution in [3.63, 3.8) is 0 Å². The number of amidine groups is 1. The predicted molar refractivity (Wildman–Crippen MR) is 109 cm³/mol. The molecule has 0 saturated carbocycles. The van der Waals surface area contributed by atoms with E-state index in [9.17, 15) is 9.90 Å². The molecule has 0 aromatic heterocycles. The van der Waals surface area contributed by atoms with Gasteiger partial charge in [-0.1, -0.05) is 17.7 Å². The maximum atomic E-state index is 12.5. The molecule has 1 heterocycles. The van der Waals surface area contributed by atoms with Gasteiger partial charge in [0, 0.05) is 7.05 Å². The summed E-state index contributed by atoms with van der Waals surface area (Å²) in [6, 6.07) is 11.2. The third-order valence-corrected chi connectivity index (χ3v) is 5.50. The van der Waals surface area contributed by atoms with E-state index in [-0.39, 0.29) is 11.7 Å². The second-order valence-corrected chi connectivity index (χ2v) is 7.62. The number of thioether (sulfide) groups is 1. The highest BCUT2D eigenvalue weighted by molar-refractivity contribution is 9.10. The average molecular weight is 433 g/mol. The minimum atomic E-state index is -0.121. The van der Waals surface area contributed by atoms with Crippen LogP contribution in [-0.4, -0.2) is 35.2 Å². The molecule has 1 aliphatic rings. The zero-order chi connectivity index (χ0) is 18.8. The van der Waals surface area contributed by atoms with Crippen molar-refractivity contribution in [2.45, 2.75) is 6.92 Å². The zero-order valence-electron chi connectivity index (χ0n) is 14.5. The van der Waals surface area contributed by atoms with Crippen LogP contribution in [0.5, 0.6) is 11.5 Å². The molecule has 5 nitrogen and oxygen atoms in total. The summed E-state index contributed by atoms with van der Waals surface area (Å²) < 4.78 is 5.65. The standard InChI is InChI=1S/C19H17BrN2O3S/c1-11-4-6-13(7-5-11)21-19-22(2)18(24)16(26-19)10-12-8-14(20)17(23)15(9-12)25-3/h4-10,23H,1-3H3/b16-10-,21-19?. The molecule has 2 aromatic rings. The number of aryl methyl sites for hydroxylation is 1. The molecule has 1 fully saturated rings. The quantitative estimate of drug-likeness (QED) is 0.713. The number of phenols is 1. The van der Waals surface area contributed by atoms with Gasteiger partial charge in [0.1, 0.15) is 0 Å². The number of aromatic hydroxyl groups is 1. The Kier molecular flexibility index (Phi) is 5.38. The van der Waals surface area contributed by atoms with Gasteiger partial charge in [-0.3, -0.25) is 9.69 Å². The Morgan fingerprint density at radius 2 is 1.96 bits per heavy atom. The fraction of sp³-hybridized carbons (Fsp3) is 0.158. The van der Waals surface area contributed by atoms with E-state index in [4.69, 9.17) is 4.74 Å². The molecule has 0 unspecified atom stereocenters. The number of carbonyl (C=O) groups is 1. The van der Waals surface area contributed by atoms with Gasteiger partial charge >= 0.3 is 0 Å². The van der Waals surface area contributed by atoms with Crippen molar-refractivity contribution in [2.24, 2.45) is 4.99 Å². The van der Waals surface area contributed by atoms with E-state index in [0.717, 1.165) is 16.8 Å². The van der Waals surface area contributed by atoms with Crippen LogP contribution in [0.25, 0.3) is 6.08 Å². The van der Waals surface area contributed by atoms with E-state index in [1.807, 2.05) is 31.2 Å². The van der Waals surface area contributed by atoms with Crippen LogP contribution in [0.4, 0.5) is 5.69 Å². The number of benzene rings is 2. The fourth-order valence-electron chi connectivity index (χ4n) is 2.37. The molecule has 2 aromatic carbocycles. The lowest BCUT2D eigenvalue weighted by atomic mass is 10.2. The summed E-state index contributed by atoms with van der Waals surface area (Å²) >= 11 is 4.60. The lowest BCUT2D eigenvalue weighted by molar-refractivity contribution is -0.121. The van der Waals surface area contributed by atoms with Gasteiger partial charge < -0.3 is 9.84 Å². The van der Waals surface area contributed by atoms with Gasteiger partial charge in [-0.15, -0.1) is 0 Å². The number of methoxy groups -OCH3 is 1. The van der Waals surface area contributed by atoms with Crippen molar-refractivity contribution in [1.82, 2.24) is 4.90 Å². The minimum Gasteiger partial charge on any atom is -0.503 e. The summed E-state index contributed by atoms with van der Waals surface area (Å²) in [6.07, 6.45) is 1.76. The number of hydrogen-bond acceptors (Lipinski definition) is 5. The second kappa shape index (κ2) is 7.55. The van der Waals surface area contributed by atoms with Gasteiger partial charge in [0.05, 0.1) is 22.2 Å². The summed E-state index contributed by atoms with van der Waals surface area (Å²) in [5.41, 5.74) is 2.70. The van der Waals surface area contributed by atoms with Crippen molar-refractivity contribution < 1.29 is 14.6 Å². The Morgan fingerprint density at radius 3 is 2.62 bits per heavy atom. The maximum absolute atomic E-state index is 12.5. The number of carbonyl (C=O) groups excluding carboxylic acids is 1. The van der Waals surface area contributed by atoms with Crippen molar-refractivity contribution in [3.8, 4) is 11.5 Å². The average Bonchev–Trinajstić information content (AvgIpc) is 2.88. The van der Waals surface area contributed by atoms with Gasteiger partial charge in [-0.05, 0) is 70.5 Å². The SMILES string of the molecule is COc1cc(/C=C2\SC(=Nc3ccc(C)cc3)N(C)C2=O)cc(Br)c1O. The number of phenolic OH excluding ortho intramolecular Hbond substituents is 1. The number of ether oxygens (including phenoxy) is 1. The van der Waals surface area contributed by atoms with Crippen LogP contribution in [0.3, 0.4) is 0 Å². The van der Waals surface area contributed by atoms with Crippen LogP contribution in [0, 0.1) is 6.92 Å². The Hall–Kier alpha value is -2.25. The molecule has 1 saturated heterocycles. The number of rotatable bonds is 3. The molecule has 0 bridgehead atoms. The normalized spacial score (nSPS) is 17.4. The molecule has 0 atom stereocenters. The first kappa shape index (κ1) is 18.5. The molecule has 0 radical (unpaired) electrons. The summed E-state index contributed by atoms with van der Waals surface area (Å²) in [6.45, 7) is 2.02. The lowest BCUT2D eigenvalue weighted by Crippen LogP contribution is -2.23. The molecule has 7 heteroatoms. The first-order valence-corrected chi connectivity index (χ1v) is 9.39. The molecule has 26 heavy (non-hydrogen) atoms. The molecule has 3 rings (SSSR count). The van der Waals surface area contributed by atoms with Crippen molar-refractivity contribution in [2.75, 3.05) is 14.2 Å². The molecule has 1 amide bonds. The lowest BCUT2D eigenvalue weighted by Gasteiger charge is -2.07. The number of hydrogen-bond donors (Lipinski definition) is 1. The largest absolute Gasteiger partial charge is 0.503 e. The van der Waals surface area contributed by atoms with Crippen LogP contribution in [0.2, 0.25) is 0 Å². The van der Waals surface area contributed by atoms with Crippen LogP contribution in [0.1, 0.15) is 11.1 Å². The minimum absolute atomic E-state index is 0.0267. The molecule has 0 spiro atoms. The van der Waals surface area contributed by atoms with E-state index in [1.165, 1.54) is 23.8 Å². The third kappa shape index (κ3) is 3.78. The molecule has 0 aliphatic carbocycles. The highest BCUT2D eigenvalue weighted by atomic mass is 79.9. The summed E-state index contributed by atoms with van der Waals surface area (Å²) in [5, 5.41) is 10.5. The number of nitrogens with zero attached hydrogens (tertiary/aromatic N) is 2. The Morgan fingerprint density at radius 1 is 1.27 bits per heavy atom. The summed E-state index contributed by atoms with van der Waals surface area (Å²) in [5.74, 6) is 0.242. The molecular weight excluding hydrogens is 416 g/mol. The Bertz CT molecular complexity index is 923. The van der Waals surface area contributed by atoms with Gasteiger partial charge in [0.2, 0.25) is 0 Å². The highest BCUT2D eigenvalue weighted by Gasteiger charge is 2.30. The van der Waals surface area contributed by atoms with E-state index in [0.29, 0.717) is 20.3 Å². The van der Waals surface area contributed by atoms with Gasteiger partial charge in [-0.25, -0.2) is 4.99 Å². The zero-order valence-corrected chi connectivity index (χ0v) is 16.9. The van der Waals surface area contributed by atoms with Crippen molar-refractivity contribution >= 4 is 50.5 Å². The van der Waals surface area contributed by atoms with Crippen LogP contribution in [0.15, 0.2) is 50.8 Å². The van der Waals surface area contributed by atoms with Crippen molar-refractivity contribution in [3.05, 3.63) is 56.9 Å². The first-order chi connectivity index (χ1) is 12.4. The molecular formula is C19H17BrN2O3S.